The fourth-order valence-corrected chi connectivity index (χ4v) is 4.39. The average Bonchev–Trinajstić information content (AvgIpc) is 3.34. The number of hydrogen-bond acceptors (Lipinski definition) is 8. The van der Waals surface area contributed by atoms with Crippen molar-refractivity contribution in [3.05, 3.63) is 47.5 Å². The van der Waals surface area contributed by atoms with Crippen LogP contribution in [-0.4, -0.2) is 59.4 Å². The standard InChI is InChI=1S/C22H29N3O5/c1-28-7-5-22-23-6-4-15(25-22)9-16-17(12-26)19(27)10-18(16)24-11-14-2-3-20-21(8-14)30-13-29-20/h2-4,6,8,16-19,24,26-27H,5,7,9-13H2,1H3/t16-,17-,18-,19-/m1/s1. The molecule has 0 unspecified atom stereocenters. The molecule has 4 atom stereocenters. The second-order valence-electron chi connectivity index (χ2n) is 7.90. The van der Waals surface area contributed by atoms with E-state index in [1.165, 1.54) is 0 Å². The maximum atomic E-state index is 10.5. The Bertz CT molecular complexity index is 849. The van der Waals surface area contributed by atoms with Gasteiger partial charge in [-0.1, -0.05) is 6.07 Å². The highest BCUT2D eigenvalue weighted by Gasteiger charge is 2.42. The maximum Gasteiger partial charge on any atom is 0.231 e. The number of rotatable bonds is 9. The summed E-state index contributed by atoms with van der Waals surface area (Å²) >= 11 is 0. The summed E-state index contributed by atoms with van der Waals surface area (Å²) in [5.74, 6) is 2.16. The van der Waals surface area contributed by atoms with Crippen LogP contribution < -0.4 is 14.8 Å². The van der Waals surface area contributed by atoms with E-state index >= 15 is 0 Å². The van der Waals surface area contributed by atoms with Crippen LogP contribution in [0.1, 0.15) is 23.5 Å². The molecule has 1 saturated carbocycles. The lowest BCUT2D eigenvalue weighted by Gasteiger charge is -2.25. The van der Waals surface area contributed by atoms with E-state index in [4.69, 9.17) is 14.2 Å². The predicted octanol–water partition coefficient (Wildman–Crippen LogP) is 1.08. The molecule has 0 bridgehead atoms. The van der Waals surface area contributed by atoms with Gasteiger partial charge in [0.1, 0.15) is 5.82 Å². The minimum absolute atomic E-state index is 0.0460. The molecule has 2 aliphatic rings. The van der Waals surface area contributed by atoms with Gasteiger partial charge in [0.15, 0.2) is 11.5 Å². The second kappa shape index (κ2) is 9.70. The molecule has 8 heteroatoms. The van der Waals surface area contributed by atoms with Crippen molar-refractivity contribution in [1.29, 1.82) is 0 Å². The lowest BCUT2D eigenvalue weighted by atomic mass is 9.88. The van der Waals surface area contributed by atoms with Crippen molar-refractivity contribution in [3.8, 4) is 11.5 Å². The Labute approximate surface area is 176 Å². The molecule has 8 nitrogen and oxygen atoms in total. The number of aromatic nitrogens is 2. The summed E-state index contributed by atoms with van der Waals surface area (Å²) in [6, 6.07) is 7.88. The van der Waals surface area contributed by atoms with Gasteiger partial charge in [0.2, 0.25) is 6.79 Å². The van der Waals surface area contributed by atoms with Crippen molar-refractivity contribution >= 4 is 0 Å². The Morgan fingerprint density at radius 2 is 2.07 bits per heavy atom. The predicted molar refractivity (Wildman–Crippen MR) is 109 cm³/mol. The van der Waals surface area contributed by atoms with Gasteiger partial charge in [-0.25, -0.2) is 9.97 Å². The van der Waals surface area contributed by atoms with Crippen LogP contribution in [0.4, 0.5) is 0 Å². The van der Waals surface area contributed by atoms with E-state index in [0.717, 1.165) is 28.6 Å². The number of aliphatic hydroxyl groups excluding tert-OH is 2. The van der Waals surface area contributed by atoms with Crippen LogP contribution in [0, 0.1) is 11.8 Å². The van der Waals surface area contributed by atoms with Crippen LogP contribution >= 0.6 is 0 Å². The Kier molecular flexibility index (Phi) is 6.79. The van der Waals surface area contributed by atoms with Crippen molar-refractivity contribution in [2.75, 3.05) is 27.1 Å². The van der Waals surface area contributed by atoms with Crippen molar-refractivity contribution in [2.45, 2.75) is 38.0 Å². The van der Waals surface area contributed by atoms with Crippen molar-refractivity contribution in [3.63, 3.8) is 0 Å². The molecular weight excluding hydrogens is 386 g/mol. The highest BCUT2D eigenvalue weighted by atomic mass is 16.7. The van der Waals surface area contributed by atoms with E-state index in [2.05, 4.69) is 15.3 Å². The van der Waals surface area contributed by atoms with E-state index in [0.29, 0.717) is 32.4 Å². The van der Waals surface area contributed by atoms with Crippen LogP contribution in [0.25, 0.3) is 0 Å². The summed E-state index contributed by atoms with van der Waals surface area (Å²) in [4.78, 5) is 8.95. The topological polar surface area (TPSA) is 106 Å². The quantitative estimate of drug-likeness (QED) is 0.559. The molecule has 1 aromatic heterocycles. The molecule has 2 heterocycles. The number of aliphatic hydroxyl groups is 2. The Balaban J connectivity index is 1.44. The third-order valence-corrected chi connectivity index (χ3v) is 6.01. The normalized spacial score (nSPS) is 25.0. The van der Waals surface area contributed by atoms with Gasteiger partial charge in [0, 0.05) is 50.5 Å². The summed E-state index contributed by atoms with van der Waals surface area (Å²) < 4.78 is 15.9. The van der Waals surface area contributed by atoms with Crippen LogP contribution in [0.5, 0.6) is 11.5 Å². The number of nitrogens with zero attached hydrogens (tertiary/aromatic N) is 2. The van der Waals surface area contributed by atoms with E-state index in [1.54, 1.807) is 13.3 Å². The maximum absolute atomic E-state index is 10.5. The zero-order chi connectivity index (χ0) is 20.9. The number of fused-ring (bicyclic) bond motifs is 1. The first-order valence-electron chi connectivity index (χ1n) is 10.4. The molecule has 0 amide bonds. The number of nitrogens with one attached hydrogen (secondary N) is 1. The van der Waals surface area contributed by atoms with Gasteiger partial charge in [-0.2, -0.15) is 0 Å². The lowest BCUT2D eigenvalue weighted by molar-refractivity contribution is 0.0716. The molecule has 1 aliphatic heterocycles. The monoisotopic (exact) mass is 415 g/mol. The van der Waals surface area contributed by atoms with Crippen LogP contribution in [0.2, 0.25) is 0 Å². The van der Waals surface area contributed by atoms with Gasteiger partial charge in [-0.15, -0.1) is 0 Å². The number of methoxy groups -OCH3 is 1. The minimum atomic E-state index is -0.538. The van der Waals surface area contributed by atoms with Gasteiger partial charge in [0.25, 0.3) is 0 Å². The fourth-order valence-electron chi connectivity index (χ4n) is 4.39. The average molecular weight is 415 g/mol. The summed E-state index contributed by atoms with van der Waals surface area (Å²) in [5.41, 5.74) is 2.01. The van der Waals surface area contributed by atoms with E-state index < -0.39 is 6.10 Å². The zero-order valence-electron chi connectivity index (χ0n) is 17.2. The summed E-state index contributed by atoms with van der Waals surface area (Å²) in [7, 11) is 1.66. The molecule has 0 saturated heterocycles. The SMILES string of the molecule is COCCc1nccc(C[C@@H]2[C@@H](CO)[C@H](O)C[C@H]2NCc2ccc3c(c2)OCO3)n1. The van der Waals surface area contributed by atoms with Gasteiger partial charge in [0.05, 0.1) is 12.7 Å². The van der Waals surface area contributed by atoms with E-state index in [-0.39, 0.29) is 31.3 Å². The lowest BCUT2D eigenvalue weighted by Crippen LogP contribution is -2.36. The van der Waals surface area contributed by atoms with Crippen molar-refractivity contribution in [1.82, 2.24) is 15.3 Å². The van der Waals surface area contributed by atoms with Crippen LogP contribution in [-0.2, 0) is 24.1 Å². The first-order chi connectivity index (χ1) is 14.7. The minimum Gasteiger partial charge on any atom is -0.454 e. The van der Waals surface area contributed by atoms with E-state index in [1.807, 2.05) is 24.3 Å². The van der Waals surface area contributed by atoms with Crippen molar-refractivity contribution in [2.24, 2.45) is 11.8 Å². The van der Waals surface area contributed by atoms with Gasteiger partial charge < -0.3 is 29.7 Å². The molecule has 2 aromatic rings. The molecule has 0 spiro atoms. The van der Waals surface area contributed by atoms with Crippen molar-refractivity contribution < 1.29 is 24.4 Å². The number of benzene rings is 1. The smallest absolute Gasteiger partial charge is 0.231 e. The number of hydrogen-bond donors (Lipinski definition) is 3. The first kappa shape index (κ1) is 21.0. The van der Waals surface area contributed by atoms with E-state index in [9.17, 15) is 10.2 Å². The van der Waals surface area contributed by atoms with Crippen LogP contribution in [0.15, 0.2) is 30.5 Å². The zero-order valence-corrected chi connectivity index (χ0v) is 17.2. The molecule has 30 heavy (non-hydrogen) atoms. The third-order valence-electron chi connectivity index (χ3n) is 6.01. The molecule has 1 fully saturated rings. The third kappa shape index (κ3) is 4.73. The molecule has 162 valence electrons. The highest BCUT2D eigenvalue weighted by Crippen LogP contribution is 2.36. The first-order valence-corrected chi connectivity index (χ1v) is 10.4. The fraction of sp³-hybridized carbons (Fsp3) is 0.545. The summed E-state index contributed by atoms with van der Waals surface area (Å²) in [6.07, 6.45) is 3.16. The Morgan fingerprint density at radius 3 is 2.90 bits per heavy atom. The molecule has 4 rings (SSSR count). The Hall–Kier alpha value is -2.26. The molecule has 3 N–H and O–H groups in total. The van der Waals surface area contributed by atoms with Gasteiger partial charge in [-0.05, 0) is 42.5 Å². The molecular formula is C22H29N3O5. The highest BCUT2D eigenvalue weighted by molar-refractivity contribution is 5.44. The number of ether oxygens (including phenoxy) is 3. The van der Waals surface area contributed by atoms with Gasteiger partial charge >= 0.3 is 0 Å². The molecule has 1 aliphatic carbocycles. The van der Waals surface area contributed by atoms with Gasteiger partial charge in [-0.3, -0.25) is 0 Å². The summed E-state index contributed by atoms with van der Waals surface area (Å²) in [6.45, 7) is 1.43. The largest absolute Gasteiger partial charge is 0.454 e. The molecule has 0 radical (unpaired) electrons. The van der Waals surface area contributed by atoms with Crippen LogP contribution in [0.3, 0.4) is 0 Å². The summed E-state index contributed by atoms with van der Waals surface area (Å²) in [5, 5.41) is 24.0. The Morgan fingerprint density at radius 1 is 1.20 bits per heavy atom. The second-order valence-corrected chi connectivity index (χ2v) is 7.90. The molecule has 1 aromatic carbocycles.